The van der Waals surface area contributed by atoms with Gasteiger partial charge in [0.25, 0.3) is 0 Å². The van der Waals surface area contributed by atoms with E-state index < -0.39 is 0 Å². The molecule has 0 aromatic carbocycles. The lowest BCUT2D eigenvalue weighted by Gasteiger charge is -2.33. The zero-order valence-corrected chi connectivity index (χ0v) is 10.0. The number of halogens is 1. The van der Waals surface area contributed by atoms with Gasteiger partial charge < -0.3 is 0 Å². The van der Waals surface area contributed by atoms with Crippen molar-refractivity contribution in [3.63, 3.8) is 0 Å². The van der Waals surface area contributed by atoms with Crippen LogP contribution >= 0.6 is 22.9 Å². The van der Waals surface area contributed by atoms with Crippen LogP contribution in [0.2, 0.25) is 0 Å². The Bertz CT molecular complexity index is 273. The van der Waals surface area contributed by atoms with Crippen LogP contribution in [0.5, 0.6) is 0 Å². The Balaban J connectivity index is 1.88. The molecule has 0 aliphatic carbocycles. The van der Waals surface area contributed by atoms with Gasteiger partial charge in [-0.1, -0.05) is 6.92 Å². The first kappa shape index (κ1) is 10.5. The van der Waals surface area contributed by atoms with E-state index in [2.05, 4.69) is 28.7 Å². The van der Waals surface area contributed by atoms with Gasteiger partial charge in [0, 0.05) is 18.5 Å². The fourth-order valence-corrected chi connectivity index (χ4v) is 2.85. The van der Waals surface area contributed by atoms with E-state index in [1.807, 2.05) is 0 Å². The molecule has 78 valence electrons. The summed E-state index contributed by atoms with van der Waals surface area (Å²) in [6.45, 7) is 5.55. The first-order valence-corrected chi connectivity index (χ1v) is 6.51. The van der Waals surface area contributed by atoms with Gasteiger partial charge in [0.2, 0.25) is 0 Å². The van der Waals surface area contributed by atoms with E-state index >= 15 is 0 Å². The van der Waals surface area contributed by atoms with Crippen molar-refractivity contribution < 1.29 is 0 Å². The van der Waals surface area contributed by atoms with E-state index in [4.69, 9.17) is 11.6 Å². The van der Waals surface area contributed by atoms with Crippen molar-refractivity contribution in [1.29, 1.82) is 0 Å². The van der Waals surface area contributed by atoms with Crippen molar-refractivity contribution in [2.75, 3.05) is 13.1 Å². The fraction of sp³-hybridized carbons (Fsp3) is 0.636. The second kappa shape index (κ2) is 4.65. The number of alkyl halides is 1. The Kier molecular flexibility index (Phi) is 3.47. The highest BCUT2D eigenvalue weighted by Gasteiger charge is 2.24. The first-order chi connectivity index (χ1) is 6.75. The second-order valence-corrected chi connectivity index (χ2v) is 5.49. The Hall–Kier alpha value is -0.0500. The van der Waals surface area contributed by atoms with Crippen molar-refractivity contribution in [1.82, 2.24) is 4.90 Å². The Morgan fingerprint density at radius 1 is 1.64 bits per heavy atom. The van der Waals surface area contributed by atoms with Crippen LogP contribution in [-0.2, 0) is 6.54 Å². The zero-order chi connectivity index (χ0) is 9.97. The van der Waals surface area contributed by atoms with Gasteiger partial charge >= 0.3 is 0 Å². The molecule has 1 fully saturated rings. The molecule has 2 atom stereocenters. The molecule has 0 spiro atoms. The quantitative estimate of drug-likeness (QED) is 0.704. The van der Waals surface area contributed by atoms with Crippen molar-refractivity contribution in [3.8, 4) is 0 Å². The molecule has 2 unspecified atom stereocenters. The van der Waals surface area contributed by atoms with E-state index in [1.165, 1.54) is 18.5 Å². The maximum Gasteiger partial charge on any atom is 0.0489 e. The molecule has 1 aliphatic heterocycles. The molecule has 3 heteroatoms. The molecule has 1 aromatic rings. The predicted octanol–water partition coefficient (Wildman–Crippen LogP) is 3.20. The summed E-state index contributed by atoms with van der Waals surface area (Å²) in [5, 5.41) is 4.70. The molecule has 1 aliphatic rings. The van der Waals surface area contributed by atoms with E-state index in [1.54, 1.807) is 11.3 Å². The van der Waals surface area contributed by atoms with Crippen LogP contribution in [0, 0.1) is 5.92 Å². The number of nitrogens with zero attached hydrogens (tertiary/aromatic N) is 1. The predicted molar refractivity (Wildman–Crippen MR) is 63.0 cm³/mol. The summed E-state index contributed by atoms with van der Waals surface area (Å²) in [6.07, 6.45) is 1.23. The number of hydrogen-bond acceptors (Lipinski definition) is 2. The first-order valence-electron chi connectivity index (χ1n) is 5.13. The van der Waals surface area contributed by atoms with Crippen LogP contribution in [0.15, 0.2) is 16.8 Å². The molecule has 2 heterocycles. The molecule has 14 heavy (non-hydrogen) atoms. The summed E-state index contributed by atoms with van der Waals surface area (Å²) in [5.41, 5.74) is 1.42. The molecule has 0 saturated carbocycles. The average molecular weight is 230 g/mol. The third kappa shape index (κ3) is 2.50. The molecule has 2 rings (SSSR count). The molecule has 1 nitrogen and oxygen atoms in total. The SMILES string of the molecule is CC1CCN(Cc2ccsc2)CC1Cl. The molecule has 1 aromatic heterocycles. The zero-order valence-electron chi connectivity index (χ0n) is 8.45. The molecular formula is C11H16ClNS. The lowest BCUT2D eigenvalue weighted by Crippen LogP contribution is -2.39. The van der Waals surface area contributed by atoms with Crippen LogP contribution in [0.1, 0.15) is 18.9 Å². The average Bonchev–Trinajstić information content (AvgIpc) is 2.64. The molecular weight excluding hydrogens is 214 g/mol. The van der Waals surface area contributed by atoms with Crippen LogP contribution in [0.4, 0.5) is 0 Å². The molecule has 0 bridgehead atoms. The minimum atomic E-state index is 0.336. The van der Waals surface area contributed by atoms with Crippen molar-refractivity contribution >= 4 is 22.9 Å². The highest BCUT2D eigenvalue weighted by Crippen LogP contribution is 2.23. The normalized spacial score (nSPS) is 29.3. The Morgan fingerprint density at radius 2 is 2.50 bits per heavy atom. The summed E-state index contributed by atoms with van der Waals surface area (Å²) >= 11 is 8.03. The van der Waals surface area contributed by atoms with E-state index in [0.29, 0.717) is 11.3 Å². The van der Waals surface area contributed by atoms with Gasteiger partial charge in [0.15, 0.2) is 0 Å². The van der Waals surface area contributed by atoms with Gasteiger partial charge in [0.05, 0.1) is 0 Å². The highest BCUT2D eigenvalue weighted by atomic mass is 35.5. The number of hydrogen-bond donors (Lipinski definition) is 0. The largest absolute Gasteiger partial charge is 0.298 e. The van der Waals surface area contributed by atoms with Crippen molar-refractivity contribution in [2.45, 2.75) is 25.3 Å². The lowest BCUT2D eigenvalue weighted by molar-refractivity contribution is 0.189. The molecule has 0 amide bonds. The Morgan fingerprint density at radius 3 is 3.14 bits per heavy atom. The summed E-state index contributed by atoms with van der Waals surface area (Å²) in [6, 6.07) is 2.20. The summed E-state index contributed by atoms with van der Waals surface area (Å²) in [4.78, 5) is 2.46. The van der Waals surface area contributed by atoms with Gasteiger partial charge in [-0.25, -0.2) is 0 Å². The van der Waals surface area contributed by atoms with Gasteiger partial charge in [-0.05, 0) is 41.3 Å². The topological polar surface area (TPSA) is 3.24 Å². The van der Waals surface area contributed by atoms with Gasteiger partial charge in [-0.15, -0.1) is 11.6 Å². The number of likely N-dealkylation sites (tertiary alicyclic amines) is 1. The smallest absolute Gasteiger partial charge is 0.0489 e. The highest BCUT2D eigenvalue weighted by molar-refractivity contribution is 7.07. The fourth-order valence-electron chi connectivity index (χ4n) is 1.87. The number of thiophene rings is 1. The maximum atomic E-state index is 6.26. The van der Waals surface area contributed by atoms with Gasteiger partial charge in [-0.3, -0.25) is 4.90 Å². The lowest BCUT2D eigenvalue weighted by atomic mass is 9.98. The van der Waals surface area contributed by atoms with E-state index in [0.717, 1.165) is 13.1 Å². The minimum absolute atomic E-state index is 0.336. The van der Waals surface area contributed by atoms with Crippen LogP contribution in [0.3, 0.4) is 0 Å². The minimum Gasteiger partial charge on any atom is -0.298 e. The second-order valence-electron chi connectivity index (χ2n) is 4.15. The molecule has 0 radical (unpaired) electrons. The standard InChI is InChI=1S/C11H16ClNS/c1-9-2-4-13(7-11(9)12)6-10-3-5-14-8-10/h3,5,8-9,11H,2,4,6-7H2,1H3. The van der Waals surface area contributed by atoms with Crippen LogP contribution in [0.25, 0.3) is 0 Å². The third-order valence-electron chi connectivity index (χ3n) is 2.94. The van der Waals surface area contributed by atoms with Gasteiger partial charge in [0.1, 0.15) is 0 Å². The molecule has 1 saturated heterocycles. The summed E-state index contributed by atoms with van der Waals surface area (Å²) < 4.78 is 0. The maximum absolute atomic E-state index is 6.26. The van der Waals surface area contributed by atoms with Gasteiger partial charge in [-0.2, -0.15) is 11.3 Å². The van der Waals surface area contributed by atoms with Crippen molar-refractivity contribution in [3.05, 3.63) is 22.4 Å². The number of rotatable bonds is 2. The Labute approximate surface area is 94.7 Å². The third-order valence-corrected chi connectivity index (χ3v) is 4.24. The van der Waals surface area contributed by atoms with E-state index in [-0.39, 0.29) is 0 Å². The summed E-state index contributed by atoms with van der Waals surface area (Å²) in [7, 11) is 0. The van der Waals surface area contributed by atoms with Crippen LogP contribution < -0.4 is 0 Å². The molecule has 0 N–H and O–H groups in total. The van der Waals surface area contributed by atoms with E-state index in [9.17, 15) is 0 Å². The van der Waals surface area contributed by atoms with Crippen LogP contribution in [-0.4, -0.2) is 23.4 Å². The number of piperidine rings is 1. The van der Waals surface area contributed by atoms with Crippen molar-refractivity contribution in [2.24, 2.45) is 5.92 Å². The monoisotopic (exact) mass is 229 g/mol. The summed E-state index contributed by atoms with van der Waals surface area (Å²) in [5.74, 6) is 0.676.